The lowest BCUT2D eigenvalue weighted by atomic mass is 10.1. The highest BCUT2D eigenvalue weighted by atomic mass is 32.2. The molecule has 26 heavy (non-hydrogen) atoms. The number of aromatic nitrogens is 2. The summed E-state index contributed by atoms with van der Waals surface area (Å²) in [4.78, 5) is 12.3. The molecule has 1 heterocycles. The van der Waals surface area contributed by atoms with Crippen molar-refractivity contribution < 1.29 is 17.8 Å². The van der Waals surface area contributed by atoms with Gasteiger partial charge in [-0.2, -0.15) is 0 Å². The number of carbonyl (C=O) groups excluding carboxylic acids is 1. The molecule has 7 nitrogen and oxygen atoms in total. The van der Waals surface area contributed by atoms with Crippen LogP contribution in [0, 0.1) is 20.8 Å². The summed E-state index contributed by atoms with van der Waals surface area (Å²) in [6, 6.07) is 8.56. The Morgan fingerprint density at radius 2 is 1.81 bits per heavy atom. The van der Waals surface area contributed by atoms with Crippen molar-refractivity contribution in [3.05, 3.63) is 47.0 Å². The first-order valence-corrected chi connectivity index (χ1v) is 9.75. The second-order valence-corrected chi connectivity index (χ2v) is 8.36. The quantitative estimate of drug-likeness (QED) is 0.738. The van der Waals surface area contributed by atoms with E-state index in [2.05, 4.69) is 20.3 Å². The fraction of sp³-hybridized carbons (Fsp3) is 0.278. The number of amides is 1. The van der Waals surface area contributed by atoms with Crippen LogP contribution in [0.2, 0.25) is 0 Å². The first kappa shape index (κ1) is 18.1. The fourth-order valence-corrected chi connectivity index (χ4v) is 4.34. The first-order chi connectivity index (χ1) is 12.3. The van der Waals surface area contributed by atoms with Crippen LogP contribution in [0.1, 0.15) is 23.1 Å². The topological polar surface area (TPSA) is 102 Å². The minimum atomic E-state index is -3.69. The predicted molar refractivity (Wildman–Crippen MR) is 97.8 cm³/mol. The summed E-state index contributed by atoms with van der Waals surface area (Å²) in [7, 11) is -3.69. The minimum Gasteiger partial charge on any atom is -0.326 e. The monoisotopic (exact) mass is 373 g/mol. The van der Waals surface area contributed by atoms with Gasteiger partial charge in [0.15, 0.2) is 15.4 Å². The lowest BCUT2D eigenvalue weighted by Crippen LogP contribution is -2.18. The van der Waals surface area contributed by atoms with Crippen LogP contribution >= 0.6 is 0 Å². The summed E-state index contributed by atoms with van der Waals surface area (Å²) in [5, 5.41) is 10.1. The molecular formula is C18H19N3O4S. The van der Waals surface area contributed by atoms with E-state index in [1.54, 1.807) is 12.1 Å². The summed E-state index contributed by atoms with van der Waals surface area (Å²) in [5.74, 6) is -0.677. The molecule has 3 rings (SSSR count). The zero-order valence-corrected chi connectivity index (χ0v) is 15.6. The molecule has 0 fully saturated rings. The Kier molecular flexibility index (Phi) is 4.78. The molecule has 0 spiro atoms. The number of nitrogens with one attached hydrogen (secondary N) is 1. The lowest BCUT2D eigenvalue weighted by molar-refractivity contribution is -0.115. The average molecular weight is 373 g/mol. The number of aryl methyl sites for hydroxylation is 3. The maximum atomic E-state index is 12.6. The summed E-state index contributed by atoms with van der Waals surface area (Å²) in [6.45, 7) is 5.80. The second-order valence-electron chi connectivity index (χ2n) is 6.28. The van der Waals surface area contributed by atoms with Crippen molar-refractivity contribution in [3.8, 4) is 0 Å². The van der Waals surface area contributed by atoms with E-state index in [0.717, 1.165) is 22.4 Å². The van der Waals surface area contributed by atoms with Gasteiger partial charge in [-0.25, -0.2) is 13.0 Å². The van der Waals surface area contributed by atoms with Gasteiger partial charge >= 0.3 is 0 Å². The molecular weight excluding hydrogens is 354 g/mol. The third kappa shape index (κ3) is 3.60. The molecule has 1 N–H and O–H groups in total. The number of hydrogen-bond donors (Lipinski definition) is 1. The van der Waals surface area contributed by atoms with Gasteiger partial charge in [-0.1, -0.05) is 23.8 Å². The molecule has 136 valence electrons. The van der Waals surface area contributed by atoms with Gasteiger partial charge in [0.25, 0.3) is 0 Å². The number of rotatable bonds is 5. The molecule has 0 aliphatic carbocycles. The molecule has 1 aromatic heterocycles. The summed E-state index contributed by atoms with van der Waals surface area (Å²) < 4.78 is 29.8. The van der Waals surface area contributed by atoms with E-state index in [1.165, 1.54) is 6.07 Å². The molecule has 0 radical (unpaired) electrons. The largest absolute Gasteiger partial charge is 0.326 e. The van der Waals surface area contributed by atoms with E-state index in [-0.39, 0.29) is 28.5 Å². The molecule has 0 aliphatic rings. The number of anilines is 1. The van der Waals surface area contributed by atoms with Gasteiger partial charge in [0.1, 0.15) is 5.52 Å². The van der Waals surface area contributed by atoms with E-state index in [9.17, 15) is 13.2 Å². The van der Waals surface area contributed by atoms with Gasteiger partial charge < -0.3 is 5.32 Å². The van der Waals surface area contributed by atoms with Crippen LogP contribution in [0.25, 0.3) is 11.0 Å². The fourth-order valence-electron chi connectivity index (χ4n) is 2.95. The minimum absolute atomic E-state index is 0.0201. The zero-order valence-electron chi connectivity index (χ0n) is 14.7. The van der Waals surface area contributed by atoms with E-state index < -0.39 is 9.84 Å². The molecule has 1 amide bonds. The second kappa shape index (κ2) is 6.87. The van der Waals surface area contributed by atoms with Gasteiger partial charge in [0.2, 0.25) is 5.91 Å². The highest BCUT2D eigenvalue weighted by Crippen LogP contribution is 2.23. The van der Waals surface area contributed by atoms with Gasteiger partial charge in [-0.15, -0.1) is 0 Å². The number of nitrogens with zero attached hydrogens (tertiary/aromatic N) is 2. The van der Waals surface area contributed by atoms with Crippen LogP contribution in [0.15, 0.2) is 39.9 Å². The van der Waals surface area contributed by atoms with Crippen molar-refractivity contribution in [2.75, 3.05) is 11.1 Å². The Hall–Kier alpha value is -2.74. The van der Waals surface area contributed by atoms with Crippen LogP contribution in [-0.2, 0) is 14.6 Å². The lowest BCUT2D eigenvalue weighted by Gasteiger charge is -2.13. The number of fused-ring (bicyclic) bond motifs is 1. The molecule has 2 aromatic carbocycles. The van der Waals surface area contributed by atoms with Crippen molar-refractivity contribution in [3.63, 3.8) is 0 Å². The van der Waals surface area contributed by atoms with Crippen molar-refractivity contribution in [1.29, 1.82) is 0 Å². The molecule has 0 unspecified atom stereocenters. The van der Waals surface area contributed by atoms with Gasteiger partial charge in [0, 0.05) is 12.1 Å². The van der Waals surface area contributed by atoms with E-state index in [1.807, 2.05) is 32.9 Å². The van der Waals surface area contributed by atoms with Gasteiger partial charge in [-0.3, -0.25) is 4.79 Å². The molecule has 0 atom stereocenters. The Labute approximate surface area is 151 Å². The summed E-state index contributed by atoms with van der Waals surface area (Å²) >= 11 is 0. The molecule has 8 heteroatoms. The SMILES string of the molecule is Cc1cc(C)c(NC(=O)CCS(=O)(=O)c2cccc3nonc23)c(C)c1. The van der Waals surface area contributed by atoms with Crippen molar-refractivity contribution >= 4 is 32.5 Å². The Morgan fingerprint density at radius 3 is 2.50 bits per heavy atom. The maximum absolute atomic E-state index is 12.6. The zero-order chi connectivity index (χ0) is 18.9. The first-order valence-electron chi connectivity index (χ1n) is 8.09. The maximum Gasteiger partial charge on any atom is 0.225 e. The van der Waals surface area contributed by atoms with Crippen LogP contribution in [-0.4, -0.2) is 30.4 Å². The summed E-state index contributed by atoms with van der Waals surface area (Å²) in [6.07, 6.45) is -0.156. The third-order valence-corrected chi connectivity index (χ3v) is 5.86. The van der Waals surface area contributed by atoms with E-state index >= 15 is 0 Å². The standard InChI is InChI=1S/C18H19N3O4S/c1-11-9-12(2)17(13(3)10-11)19-16(22)7-8-26(23,24)15-6-4-5-14-18(15)21-25-20-14/h4-6,9-10H,7-8H2,1-3H3,(H,19,22). The molecule has 0 saturated heterocycles. The Balaban J connectivity index is 1.74. The summed E-state index contributed by atoms with van der Waals surface area (Å²) in [5.41, 5.74) is 4.25. The average Bonchev–Trinajstić information content (AvgIpc) is 3.04. The molecule has 3 aromatic rings. The van der Waals surface area contributed by atoms with E-state index in [0.29, 0.717) is 5.52 Å². The highest BCUT2D eigenvalue weighted by molar-refractivity contribution is 7.91. The smallest absolute Gasteiger partial charge is 0.225 e. The third-order valence-electron chi connectivity index (χ3n) is 4.12. The van der Waals surface area contributed by atoms with Crippen molar-refractivity contribution in [1.82, 2.24) is 10.3 Å². The molecule has 0 bridgehead atoms. The van der Waals surface area contributed by atoms with Crippen molar-refractivity contribution in [2.45, 2.75) is 32.1 Å². The number of benzene rings is 2. The predicted octanol–water partition coefficient (Wildman–Crippen LogP) is 2.95. The molecule has 0 aliphatic heterocycles. The van der Waals surface area contributed by atoms with Gasteiger partial charge in [-0.05, 0) is 54.3 Å². The Bertz CT molecular complexity index is 1060. The number of carbonyl (C=O) groups is 1. The van der Waals surface area contributed by atoms with Crippen LogP contribution in [0.3, 0.4) is 0 Å². The van der Waals surface area contributed by atoms with Crippen LogP contribution in [0.5, 0.6) is 0 Å². The molecule has 0 saturated carbocycles. The van der Waals surface area contributed by atoms with Crippen LogP contribution in [0.4, 0.5) is 5.69 Å². The number of sulfone groups is 1. The normalized spacial score (nSPS) is 11.7. The number of hydrogen-bond acceptors (Lipinski definition) is 6. The highest BCUT2D eigenvalue weighted by Gasteiger charge is 2.22. The van der Waals surface area contributed by atoms with E-state index in [4.69, 9.17) is 0 Å². The van der Waals surface area contributed by atoms with Gasteiger partial charge in [0.05, 0.1) is 10.6 Å². The Morgan fingerprint density at radius 1 is 1.12 bits per heavy atom. The van der Waals surface area contributed by atoms with Crippen molar-refractivity contribution in [2.24, 2.45) is 0 Å². The van der Waals surface area contributed by atoms with Crippen LogP contribution < -0.4 is 5.32 Å².